The van der Waals surface area contributed by atoms with E-state index in [4.69, 9.17) is 19.9 Å². The number of hydrogen-bond donors (Lipinski definition) is 1. The van der Waals surface area contributed by atoms with Crippen molar-refractivity contribution in [2.75, 3.05) is 21.3 Å². The quantitative estimate of drug-likeness (QED) is 0.601. The number of nitrogens with zero attached hydrogens (tertiary/aromatic N) is 1. The van der Waals surface area contributed by atoms with Crippen molar-refractivity contribution < 1.29 is 23.8 Å². The largest absolute Gasteiger partial charge is 0.493 e. The van der Waals surface area contributed by atoms with Crippen molar-refractivity contribution in [1.82, 2.24) is 4.98 Å². The molecule has 1 aliphatic rings. The summed E-state index contributed by atoms with van der Waals surface area (Å²) in [7, 11) is 4.67. The standard InChI is InChI=1S/C25H22N2O5/c1-30-22-10-16(11-23(31-2)24(22)32-3)17-9-18-19(21(28)12-20(18)27-13-17)8-14-4-6-15(7-5-14)25(26)29/h4-11,13H,12H2,1-3H3,(H2,26,29). The number of primary amides is 1. The number of ether oxygens (including phenoxy) is 3. The third kappa shape index (κ3) is 3.80. The van der Waals surface area contributed by atoms with E-state index in [0.717, 1.165) is 27.9 Å². The maximum absolute atomic E-state index is 12.7. The number of hydrogen-bond acceptors (Lipinski definition) is 6. The van der Waals surface area contributed by atoms with E-state index in [-0.39, 0.29) is 12.2 Å². The highest BCUT2D eigenvalue weighted by Crippen LogP contribution is 2.42. The molecule has 0 bridgehead atoms. The highest BCUT2D eigenvalue weighted by Gasteiger charge is 2.26. The van der Waals surface area contributed by atoms with Crippen LogP contribution in [0.4, 0.5) is 0 Å². The molecule has 162 valence electrons. The Hall–Kier alpha value is -4.13. The van der Waals surface area contributed by atoms with E-state index in [9.17, 15) is 9.59 Å². The summed E-state index contributed by atoms with van der Waals surface area (Å²) in [6, 6.07) is 12.4. The number of Topliss-reactive ketones (excluding diaryl/α,β-unsaturated/α-hetero) is 1. The zero-order valence-electron chi connectivity index (χ0n) is 18.0. The average molecular weight is 430 g/mol. The van der Waals surface area contributed by atoms with E-state index in [2.05, 4.69) is 4.98 Å². The Bertz CT molecular complexity index is 1220. The number of carbonyl (C=O) groups is 2. The molecule has 0 saturated carbocycles. The predicted octanol–water partition coefficient (Wildman–Crippen LogP) is 3.54. The van der Waals surface area contributed by atoms with Crippen molar-refractivity contribution in [3.63, 3.8) is 0 Å². The van der Waals surface area contributed by atoms with Gasteiger partial charge in [0.2, 0.25) is 11.7 Å². The number of aromatic nitrogens is 1. The first-order valence-electron chi connectivity index (χ1n) is 9.89. The van der Waals surface area contributed by atoms with Crippen LogP contribution >= 0.6 is 0 Å². The van der Waals surface area contributed by atoms with Crippen molar-refractivity contribution >= 4 is 23.3 Å². The van der Waals surface area contributed by atoms with Crippen LogP contribution in [0.25, 0.3) is 22.8 Å². The van der Waals surface area contributed by atoms with Gasteiger partial charge in [-0.15, -0.1) is 0 Å². The van der Waals surface area contributed by atoms with Crippen LogP contribution in [-0.2, 0) is 11.2 Å². The summed E-state index contributed by atoms with van der Waals surface area (Å²) in [5, 5.41) is 0. The Kier molecular flexibility index (Phi) is 5.64. The van der Waals surface area contributed by atoms with Crippen LogP contribution in [0.1, 0.15) is 27.2 Å². The van der Waals surface area contributed by atoms with Gasteiger partial charge in [-0.3, -0.25) is 14.6 Å². The monoisotopic (exact) mass is 430 g/mol. The fraction of sp³-hybridized carbons (Fsp3) is 0.160. The van der Waals surface area contributed by atoms with Gasteiger partial charge in [-0.05, 0) is 47.5 Å². The van der Waals surface area contributed by atoms with E-state index < -0.39 is 5.91 Å². The number of rotatable bonds is 6. The first-order valence-corrected chi connectivity index (χ1v) is 9.89. The van der Waals surface area contributed by atoms with Crippen LogP contribution in [0, 0.1) is 0 Å². The Morgan fingerprint density at radius 1 is 0.969 bits per heavy atom. The molecule has 0 spiro atoms. The van der Waals surface area contributed by atoms with Crippen LogP contribution in [0.3, 0.4) is 0 Å². The van der Waals surface area contributed by atoms with E-state index >= 15 is 0 Å². The second kappa shape index (κ2) is 8.55. The van der Waals surface area contributed by atoms with Gasteiger partial charge in [0.25, 0.3) is 0 Å². The summed E-state index contributed by atoms with van der Waals surface area (Å²) in [5.41, 5.74) is 10.2. The minimum Gasteiger partial charge on any atom is -0.493 e. The lowest BCUT2D eigenvalue weighted by Crippen LogP contribution is -2.10. The fourth-order valence-electron chi connectivity index (χ4n) is 3.74. The van der Waals surface area contributed by atoms with E-state index in [0.29, 0.717) is 28.4 Å². The molecule has 7 nitrogen and oxygen atoms in total. The number of carbonyl (C=O) groups excluding carboxylic acids is 2. The summed E-state index contributed by atoms with van der Waals surface area (Å²) >= 11 is 0. The lowest BCUT2D eigenvalue weighted by atomic mass is 10.00. The molecule has 0 radical (unpaired) electrons. The number of ketones is 1. The van der Waals surface area contributed by atoms with Crippen LogP contribution < -0.4 is 19.9 Å². The molecule has 0 saturated heterocycles. The number of pyridine rings is 1. The first kappa shape index (κ1) is 21.1. The maximum Gasteiger partial charge on any atom is 0.248 e. The smallest absolute Gasteiger partial charge is 0.248 e. The van der Waals surface area contributed by atoms with Gasteiger partial charge in [0.05, 0.1) is 33.4 Å². The number of amides is 1. The first-order chi connectivity index (χ1) is 15.4. The summed E-state index contributed by atoms with van der Waals surface area (Å²) in [5.74, 6) is 1.06. The summed E-state index contributed by atoms with van der Waals surface area (Å²) in [6.45, 7) is 0. The second-order valence-corrected chi connectivity index (χ2v) is 7.28. The molecule has 1 aliphatic carbocycles. The van der Waals surface area contributed by atoms with Gasteiger partial charge in [0.15, 0.2) is 17.3 Å². The van der Waals surface area contributed by atoms with Crippen molar-refractivity contribution in [1.29, 1.82) is 0 Å². The number of nitrogens with two attached hydrogens (primary N) is 1. The average Bonchev–Trinajstić information content (AvgIpc) is 3.12. The SMILES string of the molecule is COc1cc(-c2cnc3c(c2)C(=Cc2ccc(C(N)=O)cc2)C(=O)C3)cc(OC)c1OC. The highest BCUT2D eigenvalue weighted by molar-refractivity contribution is 6.29. The Morgan fingerprint density at radius 3 is 2.19 bits per heavy atom. The van der Waals surface area contributed by atoms with E-state index in [1.54, 1.807) is 57.9 Å². The lowest BCUT2D eigenvalue weighted by molar-refractivity contribution is -0.112. The van der Waals surface area contributed by atoms with Crippen molar-refractivity contribution in [3.8, 4) is 28.4 Å². The molecule has 0 atom stereocenters. The summed E-state index contributed by atoms with van der Waals surface area (Å²) in [6.07, 6.45) is 3.78. The van der Waals surface area contributed by atoms with Crippen LogP contribution in [0.2, 0.25) is 0 Å². The fourth-order valence-corrected chi connectivity index (χ4v) is 3.74. The summed E-state index contributed by atoms with van der Waals surface area (Å²) in [4.78, 5) is 28.5. The molecular weight excluding hydrogens is 408 g/mol. The van der Waals surface area contributed by atoms with Gasteiger partial charge in [0.1, 0.15) is 0 Å². The Balaban J connectivity index is 1.77. The second-order valence-electron chi connectivity index (χ2n) is 7.28. The maximum atomic E-state index is 12.7. The van der Waals surface area contributed by atoms with Crippen molar-refractivity contribution in [2.24, 2.45) is 5.73 Å². The predicted molar refractivity (Wildman–Crippen MR) is 121 cm³/mol. The molecule has 0 unspecified atom stereocenters. The molecule has 1 aromatic heterocycles. The molecule has 1 heterocycles. The molecule has 3 aromatic rings. The number of allylic oxidation sites excluding steroid dienone is 1. The third-order valence-corrected chi connectivity index (χ3v) is 5.39. The number of methoxy groups -OCH3 is 3. The van der Waals surface area contributed by atoms with Crippen LogP contribution in [-0.4, -0.2) is 38.0 Å². The lowest BCUT2D eigenvalue weighted by Gasteiger charge is -2.14. The number of benzene rings is 2. The van der Waals surface area contributed by atoms with Gasteiger partial charge < -0.3 is 19.9 Å². The molecule has 2 N–H and O–H groups in total. The zero-order chi connectivity index (χ0) is 22.8. The van der Waals surface area contributed by atoms with Gasteiger partial charge in [-0.1, -0.05) is 12.1 Å². The normalized spacial score (nSPS) is 13.7. The molecule has 4 rings (SSSR count). The van der Waals surface area contributed by atoms with Gasteiger partial charge in [0, 0.05) is 28.5 Å². The zero-order valence-corrected chi connectivity index (χ0v) is 18.0. The van der Waals surface area contributed by atoms with E-state index in [1.807, 2.05) is 18.2 Å². The van der Waals surface area contributed by atoms with Gasteiger partial charge in [-0.25, -0.2) is 0 Å². The van der Waals surface area contributed by atoms with Crippen LogP contribution in [0.5, 0.6) is 17.2 Å². The third-order valence-electron chi connectivity index (χ3n) is 5.39. The van der Waals surface area contributed by atoms with Crippen LogP contribution in [0.15, 0.2) is 48.7 Å². The molecular formula is C25H22N2O5. The minimum absolute atomic E-state index is 0.00600. The molecule has 0 fully saturated rings. The van der Waals surface area contributed by atoms with E-state index in [1.165, 1.54) is 0 Å². The molecule has 0 aliphatic heterocycles. The summed E-state index contributed by atoms with van der Waals surface area (Å²) < 4.78 is 16.3. The molecule has 2 aromatic carbocycles. The van der Waals surface area contributed by atoms with Gasteiger partial charge in [-0.2, -0.15) is 0 Å². The topological polar surface area (TPSA) is 101 Å². The number of fused-ring (bicyclic) bond motifs is 1. The Morgan fingerprint density at radius 2 is 1.62 bits per heavy atom. The molecule has 7 heteroatoms. The van der Waals surface area contributed by atoms with Gasteiger partial charge >= 0.3 is 0 Å². The van der Waals surface area contributed by atoms with Crippen molar-refractivity contribution in [3.05, 3.63) is 71.0 Å². The minimum atomic E-state index is -0.495. The molecule has 1 amide bonds. The molecule has 32 heavy (non-hydrogen) atoms. The highest BCUT2D eigenvalue weighted by atomic mass is 16.5. The Labute approximate surface area is 185 Å². The van der Waals surface area contributed by atoms with Crippen molar-refractivity contribution in [2.45, 2.75) is 6.42 Å².